The van der Waals surface area contributed by atoms with Crippen LogP contribution >= 0.6 is 11.3 Å². The molecule has 32 heavy (non-hydrogen) atoms. The topological polar surface area (TPSA) is 26.3 Å². The zero-order valence-electron chi connectivity index (χ0n) is 17.7. The minimum atomic E-state index is -0.0301. The number of benzene rings is 3. The fourth-order valence-electron chi connectivity index (χ4n) is 4.03. The van der Waals surface area contributed by atoms with Crippen molar-refractivity contribution in [3.8, 4) is 5.75 Å². The average Bonchev–Trinajstić information content (AvgIpc) is 3.38. The van der Waals surface area contributed by atoms with Gasteiger partial charge in [0.2, 0.25) is 0 Å². The molecule has 0 amide bonds. The number of ether oxygens (including phenoxy) is 1. The van der Waals surface area contributed by atoms with Crippen LogP contribution in [-0.2, 0) is 0 Å². The second-order valence-electron chi connectivity index (χ2n) is 7.81. The number of rotatable bonds is 5. The van der Waals surface area contributed by atoms with Crippen molar-refractivity contribution in [3.05, 3.63) is 141 Å². The Kier molecular flexibility index (Phi) is 5.57. The van der Waals surface area contributed by atoms with Crippen molar-refractivity contribution in [2.75, 3.05) is 0 Å². The number of thiophene rings is 1. The molecular formula is C29H22O2S. The molecule has 0 N–H and O–H groups in total. The SMILES string of the molecule is Cc1ccc([C@@H]2C(/C=C/C(=O)c3ccccc3)=C(c3cccs3)Oc3ccccc32)cc1. The Balaban J connectivity index is 1.67. The number of hydrogen-bond acceptors (Lipinski definition) is 3. The van der Waals surface area contributed by atoms with Crippen molar-refractivity contribution < 1.29 is 9.53 Å². The molecule has 0 aliphatic carbocycles. The Bertz CT molecular complexity index is 1300. The lowest BCUT2D eigenvalue weighted by molar-refractivity contribution is 0.104. The molecule has 0 fully saturated rings. The fourth-order valence-corrected chi connectivity index (χ4v) is 4.76. The number of carbonyl (C=O) groups excluding carboxylic acids is 1. The van der Waals surface area contributed by atoms with Crippen LogP contribution in [0.25, 0.3) is 5.76 Å². The summed E-state index contributed by atoms with van der Waals surface area (Å²) >= 11 is 1.64. The van der Waals surface area contributed by atoms with E-state index in [0.717, 1.165) is 27.5 Å². The Morgan fingerprint density at radius 3 is 2.38 bits per heavy atom. The van der Waals surface area contributed by atoms with Crippen LogP contribution in [0.3, 0.4) is 0 Å². The maximum absolute atomic E-state index is 12.9. The van der Waals surface area contributed by atoms with Crippen LogP contribution in [0.5, 0.6) is 5.75 Å². The van der Waals surface area contributed by atoms with Gasteiger partial charge in [0.1, 0.15) is 11.5 Å². The Labute approximate surface area is 192 Å². The van der Waals surface area contributed by atoms with Crippen LogP contribution in [0.4, 0.5) is 0 Å². The lowest BCUT2D eigenvalue weighted by atomic mass is 9.81. The minimum absolute atomic E-state index is 0.0230. The summed E-state index contributed by atoms with van der Waals surface area (Å²) in [6.45, 7) is 2.09. The molecule has 1 atom stereocenters. The highest BCUT2D eigenvalue weighted by Crippen LogP contribution is 2.46. The molecule has 2 heterocycles. The second kappa shape index (κ2) is 8.81. The van der Waals surface area contributed by atoms with Crippen LogP contribution in [0.1, 0.15) is 37.8 Å². The lowest BCUT2D eigenvalue weighted by Gasteiger charge is -2.29. The highest BCUT2D eigenvalue weighted by Gasteiger charge is 2.30. The minimum Gasteiger partial charge on any atom is -0.455 e. The van der Waals surface area contributed by atoms with Crippen molar-refractivity contribution in [1.82, 2.24) is 0 Å². The Hall–Kier alpha value is -3.69. The van der Waals surface area contributed by atoms with Crippen molar-refractivity contribution in [2.24, 2.45) is 0 Å². The molecule has 1 aliphatic rings. The van der Waals surface area contributed by atoms with E-state index < -0.39 is 0 Å². The molecule has 0 spiro atoms. The molecule has 0 saturated carbocycles. The van der Waals surface area contributed by atoms with E-state index in [-0.39, 0.29) is 11.7 Å². The number of fused-ring (bicyclic) bond motifs is 1. The first-order valence-corrected chi connectivity index (χ1v) is 11.5. The predicted molar refractivity (Wildman–Crippen MR) is 131 cm³/mol. The van der Waals surface area contributed by atoms with Crippen molar-refractivity contribution in [2.45, 2.75) is 12.8 Å². The maximum atomic E-state index is 12.9. The van der Waals surface area contributed by atoms with Gasteiger partial charge in [0.05, 0.1) is 4.88 Å². The van der Waals surface area contributed by atoms with E-state index in [1.807, 2.05) is 66.1 Å². The molecule has 4 aromatic rings. The predicted octanol–water partition coefficient (Wildman–Crippen LogP) is 7.43. The first kappa shape index (κ1) is 20.2. The normalized spacial score (nSPS) is 15.5. The number of para-hydroxylation sites is 1. The van der Waals surface area contributed by atoms with Gasteiger partial charge in [-0.05, 0) is 36.1 Å². The summed E-state index contributed by atoms with van der Waals surface area (Å²) in [5, 5.41) is 2.05. The van der Waals surface area contributed by atoms with E-state index in [1.54, 1.807) is 17.4 Å². The van der Waals surface area contributed by atoms with Crippen LogP contribution in [0, 0.1) is 6.92 Å². The van der Waals surface area contributed by atoms with Crippen LogP contribution in [0.2, 0.25) is 0 Å². The lowest BCUT2D eigenvalue weighted by Crippen LogP contribution is -2.15. The summed E-state index contributed by atoms with van der Waals surface area (Å²) in [6, 6.07) is 30.2. The molecule has 0 bridgehead atoms. The molecule has 0 unspecified atom stereocenters. The van der Waals surface area contributed by atoms with Gasteiger partial charge in [-0.2, -0.15) is 0 Å². The summed E-state index contributed by atoms with van der Waals surface area (Å²) in [4.78, 5) is 13.9. The quantitative estimate of drug-likeness (QED) is 0.241. The number of hydrogen-bond donors (Lipinski definition) is 0. The number of allylic oxidation sites excluding steroid dienone is 3. The number of aryl methyl sites for hydroxylation is 1. The van der Waals surface area contributed by atoms with E-state index in [9.17, 15) is 4.79 Å². The van der Waals surface area contributed by atoms with Gasteiger partial charge in [-0.3, -0.25) is 4.79 Å². The van der Waals surface area contributed by atoms with Gasteiger partial charge in [-0.1, -0.05) is 90.5 Å². The zero-order chi connectivity index (χ0) is 21.9. The van der Waals surface area contributed by atoms with E-state index >= 15 is 0 Å². The van der Waals surface area contributed by atoms with E-state index in [1.165, 1.54) is 11.1 Å². The first-order chi connectivity index (χ1) is 15.7. The molecule has 5 rings (SSSR count). The third-order valence-corrected chi connectivity index (χ3v) is 6.51. The monoisotopic (exact) mass is 434 g/mol. The Morgan fingerprint density at radius 2 is 1.62 bits per heavy atom. The third-order valence-electron chi connectivity index (χ3n) is 5.64. The summed E-state index contributed by atoms with van der Waals surface area (Å²) in [5.41, 5.74) is 5.15. The molecule has 1 aromatic heterocycles. The highest BCUT2D eigenvalue weighted by molar-refractivity contribution is 7.11. The third kappa shape index (κ3) is 3.95. The van der Waals surface area contributed by atoms with Gasteiger partial charge in [0.25, 0.3) is 0 Å². The maximum Gasteiger partial charge on any atom is 0.185 e. The molecular weight excluding hydrogens is 412 g/mol. The average molecular weight is 435 g/mol. The van der Waals surface area contributed by atoms with E-state index in [4.69, 9.17) is 4.74 Å². The molecule has 1 aliphatic heterocycles. The standard InChI is InChI=1S/C29H22O2S/c1-20-13-15-22(16-14-20)28-23-10-5-6-11-26(23)31-29(27-12-7-19-32-27)24(28)17-18-25(30)21-8-3-2-4-9-21/h2-19,28H,1H3/b18-17+/t28-/m0/s1. The highest BCUT2D eigenvalue weighted by atomic mass is 32.1. The molecule has 2 nitrogen and oxygen atoms in total. The molecule has 3 heteroatoms. The van der Waals surface area contributed by atoms with Gasteiger partial charge in [-0.25, -0.2) is 0 Å². The van der Waals surface area contributed by atoms with Crippen molar-refractivity contribution in [3.63, 3.8) is 0 Å². The van der Waals surface area contributed by atoms with Crippen LogP contribution in [-0.4, -0.2) is 5.78 Å². The number of carbonyl (C=O) groups is 1. The summed E-state index contributed by atoms with van der Waals surface area (Å²) in [5.74, 6) is 1.61. The second-order valence-corrected chi connectivity index (χ2v) is 8.76. The summed E-state index contributed by atoms with van der Waals surface area (Å²) in [7, 11) is 0. The molecule has 0 radical (unpaired) electrons. The molecule has 156 valence electrons. The smallest absolute Gasteiger partial charge is 0.185 e. The number of ketones is 1. The van der Waals surface area contributed by atoms with Gasteiger partial charge < -0.3 is 4.74 Å². The zero-order valence-corrected chi connectivity index (χ0v) is 18.5. The Morgan fingerprint density at radius 1 is 0.875 bits per heavy atom. The van der Waals surface area contributed by atoms with Gasteiger partial charge in [0, 0.05) is 22.6 Å². The van der Waals surface area contributed by atoms with Crippen LogP contribution in [0.15, 0.2) is 114 Å². The van der Waals surface area contributed by atoms with Gasteiger partial charge >= 0.3 is 0 Å². The molecule has 0 saturated heterocycles. The first-order valence-electron chi connectivity index (χ1n) is 10.6. The molecule has 3 aromatic carbocycles. The van der Waals surface area contributed by atoms with E-state index in [0.29, 0.717) is 5.56 Å². The largest absolute Gasteiger partial charge is 0.455 e. The fraction of sp³-hybridized carbons (Fsp3) is 0.0690. The van der Waals surface area contributed by atoms with Crippen molar-refractivity contribution >= 4 is 22.9 Å². The van der Waals surface area contributed by atoms with Gasteiger partial charge in [0.15, 0.2) is 5.78 Å². The van der Waals surface area contributed by atoms with E-state index in [2.05, 4.69) is 43.3 Å². The summed E-state index contributed by atoms with van der Waals surface area (Å²) in [6.07, 6.45) is 3.60. The van der Waals surface area contributed by atoms with Gasteiger partial charge in [-0.15, -0.1) is 11.3 Å². The van der Waals surface area contributed by atoms with Crippen LogP contribution < -0.4 is 4.74 Å². The van der Waals surface area contributed by atoms with Crippen molar-refractivity contribution in [1.29, 1.82) is 0 Å². The summed E-state index contributed by atoms with van der Waals surface area (Å²) < 4.78 is 6.43.